The zero-order chi connectivity index (χ0) is 19.4. The predicted molar refractivity (Wildman–Crippen MR) is 108 cm³/mol. The summed E-state index contributed by atoms with van der Waals surface area (Å²) in [7, 11) is 0. The Labute approximate surface area is 168 Å². The first-order chi connectivity index (χ1) is 13.0. The number of amides is 1. The minimum absolute atomic E-state index is 0.113. The third kappa shape index (κ3) is 4.67. The summed E-state index contributed by atoms with van der Waals surface area (Å²) in [6.07, 6.45) is 3.93. The molecule has 0 unspecified atom stereocenters. The Hall–Kier alpha value is -2.37. The van der Waals surface area contributed by atoms with Gasteiger partial charge in [0.2, 0.25) is 0 Å². The molecule has 0 radical (unpaired) electrons. The van der Waals surface area contributed by atoms with E-state index in [9.17, 15) is 4.79 Å². The molecule has 27 heavy (non-hydrogen) atoms. The van der Waals surface area contributed by atoms with Gasteiger partial charge in [-0.2, -0.15) is 5.10 Å². The molecule has 1 aromatic carbocycles. The molecule has 2 aromatic heterocycles. The highest BCUT2D eigenvalue weighted by Crippen LogP contribution is 2.22. The van der Waals surface area contributed by atoms with E-state index < -0.39 is 0 Å². The standard InChI is InChI=1S/C20H20Cl2N4O/c1-13(2)19-17(12-25-26(19)18-5-3-4-7-23-18)20(27)24-8-6-14-9-15(21)11-16(22)10-14/h3-5,7,9-13H,6,8H2,1-2H3,(H,24,27). The Morgan fingerprint density at radius 2 is 1.93 bits per heavy atom. The molecule has 0 spiro atoms. The van der Waals surface area contributed by atoms with Gasteiger partial charge in [-0.15, -0.1) is 0 Å². The predicted octanol–water partition coefficient (Wildman–Crippen LogP) is 4.67. The maximum absolute atomic E-state index is 12.7. The monoisotopic (exact) mass is 402 g/mol. The molecule has 140 valence electrons. The van der Waals surface area contributed by atoms with E-state index in [1.807, 2.05) is 44.2 Å². The molecule has 1 amide bonds. The maximum Gasteiger partial charge on any atom is 0.254 e. The number of halogens is 2. The van der Waals surface area contributed by atoms with Gasteiger partial charge in [0.1, 0.15) is 0 Å². The summed E-state index contributed by atoms with van der Waals surface area (Å²) in [5.41, 5.74) is 2.36. The molecule has 5 nitrogen and oxygen atoms in total. The number of aromatic nitrogens is 3. The van der Waals surface area contributed by atoms with Crippen molar-refractivity contribution >= 4 is 29.1 Å². The van der Waals surface area contributed by atoms with Gasteiger partial charge in [0, 0.05) is 22.8 Å². The van der Waals surface area contributed by atoms with E-state index in [1.165, 1.54) is 0 Å². The van der Waals surface area contributed by atoms with Crippen LogP contribution in [-0.2, 0) is 6.42 Å². The summed E-state index contributed by atoms with van der Waals surface area (Å²) in [5, 5.41) is 8.50. The van der Waals surface area contributed by atoms with Crippen molar-refractivity contribution in [3.05, 3.63) is 75.7 Å². The van der Waals surface area contributed by atoms with Gasteiger partial charge in [-0.05, 0) is 48.2 Å². The zero-order valence-electron chi connectivity index (χ0n) is 15.1. The number of benzene rings is 1. The van der Waals surface area contributed by atoms with Crippen molar-refractivity contribution in [1.29, 1.82) is 0 Å². The number of pyridine rings is 1. The van der Waals surface area contributed by atoms with Crippen LogP contribution in [0.15, 0.2) is 48.8 Å². The Kier molecular flexibility index (Phi) is 6.14. The van der Waals surface area contributed by atoms with Crippen LogP contribution in [0.1, 0.15) is 41.4 Å². The molecule has 3 aromatic rings. The van der Waals surface area contributed by atoms with Crippen molar-refractivity contribution in [2.75, 3.05) is 6.54 Å². The molecule has 0 fully saturated rings. The zero-order valence-corrected chi connectivity index (χ0v) is 16.6. The van der Waals surface area contributed by atoms with E-state index in [0.717, 1.165) is 11.3 Å². The van der Waals surface area contributed by atoms with Crippen molar-refractivity contribution in [3.8, 4) is 5.82 Å². The molecule has 0 aliphatic rings. The van der Waals surface area contributed by atoms with Crippen LogP contribution in [-0.4, -0.2) is 27.2 Å². The van der Waals surface area contributed by atoms with Gasteiger partial charge >= 0.3 is 0 Å². The Morgan fingerprint density at radius 3 is 2.56 bits per heavy atom. The van der Waals surface area contributed by atoms with Crippen LogP contribution in [0.2, 0.25) is 10.0 Å². The quantitative estimate of drug-likeness (QED) is 0.651. The lowest BCUT2D eigenvalue weighted by Gasteiger charge is -2.12. The van der Waals surface area contributed by atoms with Crippen LogP contribution in [0, 0.1) is 0 Å². The second kappa shape index (κ2) is 8.55. The summed E-state index contributed by atoms with van der Waals surface area (Å²) in [6.45, 7) is 4.53. The first-order valence-electron chi connectivity index (χ1n) is 8.68. The van der Waals surface area contributed by atoms with Gasteiger partial charge in [0.25, 0.3) is 5.91 Å². The number of carbonyl (C=O) groups is 1. The topological polar surface area (TPSA) is 59.8 Å². The largest absolute Gasteiger partial charge is 0.352 e. The van der Waals surface area contributed by atoms with Gasteiger partial charge in [0.15, 0.2) is 5.82 Å². The molecular formula is C20H20Cl2N4O. The minimum atomic E-state index is -0.158. The fraction of sp³-hybridized carbons (Fsp3) is 0.250. The van der Waals surface area contributed by atoms with Crippen molar-refractivity contribution in [2.24, 2.45) is 0 Å². The van der Waals surface area contributed by atoms with Crippen LogP contribution in [0.3, 0.4) is 0 Å². The number of nitrogens with one attached hydrogen (secondary N) is 1. The normalized spacial score (nSPS) is 11.0. The van der Waals surface area contributed by atoms with E-state index in [1.54, 1.807) is 23.1 Å². The van der Waals surface area contributed by atoms with Crippen LogP contribution < -0.4 is 5.32 Å². The van der Waals surface area contributed by atoms with Gasteiger partial charge < -0.3 is 5.32 Å². The molecule has 1 N–H and O–H groups in total. The number of hydrogen-bond donors (Lipinski definition) is 1. The van der Waals surface area contributed by atoms with Gasteiger partial charge in [-0.25, -0.2) is 9.67 Å². The minimum Gasteiger partial charge on any atom is -0.352 e. The van der Waals surface area contributed by atoms with Gasteiger partial charge in [-0.3, -0.25) is 4.79 Å². The van der Waals surface area contributed by atoms with Crippen molar-refractivity contribution in [3.63, 3.8) is 0 Å². The number of hydrogen-bond acceptors (Lipinski definition) is 3. The van der Waals surface area contributed by atoms with Crippen LogP contribution in [0.5, 0.6) is 0 Å². The highest BCUT2D eigenvalue weighted by atomic mass is 35.5. The van der Waals surface area contributed by atoms with E-state index >= 15 is 0 Å². The van der Waals surface area contributed by atoms with Gasteiger partial charge in [-0.1, -0.05) is 43.1 Å². The third-order valence-electron chi connectivity index (χ3n) is 4.09. The average Bonchev–Trinajstić information content (AvgIpc) is 3.07. The molecule has 2 heterocycles. The maximum atomic E-state index is 12.7. The SMILES string of the molecule is CC(C)c1c(C(=O)NCCc2cc(Cl)cc(Cl)c2)cnn1-c1ccccn1. The second-order valence-corrected chi connectivity index (χ2v) is 7.35. The summed E-state index contributed by atoms with van der Waals surface area (Å²) >= 11 is 12.0. The molecule has 0 aliphatic heterocycles. The Balaban J connectivity index is 1.74. The Bertz CT molecular complexity index is 918. The van der Waals surface area contributed by atoms with Crippen molar-refractivity contribution < 1.29 is 4.79 Å². The number of nitrogens with zero attached hydrogens (tertiary/aromatic N) is 3. The lowest BCUT2D eigenvalue weighted by Crippen LogP contribution is -2.26. The molecule has 0 saturated carbocycles. The summed E-state index contributed by atoms with van der Waals surface area (Å²) in [5.74, 6) is 0.643. The number of rotatable bonds is 6. The van der Waals surface area contributed by atoms with Crippen molar-refractivity contribution in [1.82, 2.24) is 20.1 Å². The lowest BCUT2D eigenvalue weighted by atomic mass is 10.1. The molecular weight excluding hydrogens is 383 g/mol. The molecule has 0 bridgehead atoms. The summed E-state index contributed by atoms with van der Waals surface area (Å²) in [6, 6.07) is 11.0. The summed E-state index contributed by atoms with van der Waals surface area (Å²) < 4.78 is 1.72. The molecule has 7 heteroatoms. The van der Waals surface area contributed by atoms with Crippen LogP contribution in [0.4, 0.5) is 0 Å². The third-order valence-corrected chi connectivity index (χ3v) is 4.52. The smallest absolute Gasteiger partial charge is 0.254 e. The highest BCUT2D eigenvalue weighted by Gasteiger charge is 2.21. The molecule has 0 atom stereocenters. The van der Waals surface area contributed by atoms with E-state index in [4.69, 9.17) is 23.2 Å². The number of carbonyl (C=O) groups excluding carboxylic acids is 1. The van der Waals surface area contributed by atoms with Gasteiger partial charge in [0.05, 0.1) is 17.5 Å². The Morgan fingerprint density at radius 1 is 1.19 bits per heavy atom. The van der Waals surface area contributed by atoms with Crippen molar-refractivity contribution in [2.45, 2.75) is 26.2 Å². The van der Waals surface area contributed by atoms with E-state index in [0.29, 0.717) is 34.4 Å². The second-order valence-electron chi connectivity index (χ2n) is 6.48. The molecule has 3 rings (SSSR count). The first kappa shape index (κ1) is 19.4. The fourth-order valence-corrected chi connectivity index (χ4v) is 3.49. The van der Waals surface area contributed by atoms with Crippen LogP contribution in [0.25, 0.3) is 5.82 Å². The average molecular weight is 403 g/mol. The molecule has 0 aliphatic carbocycles. The fourth-order valence-electron chi connectivity index (χ4n) is 2.92. The van der Waals surface area contributed by atoms with Crippen LogP contribution >= 0.6 is 23.2 Å². The molecule has 0 saturated heterocycles. The van der Waals surface area contributed by atoms with E-state index in [2.05, 4.69) is 15.4 Å². The highest BCUT2D eigenvalue weighted by molar-refractivity contribution is 6.34. The van der Waals surface area contributed by atoms with E-state index in [-0.39, 0.29) is 11.8 Å². The lowest BCUT2D eigenvalue weighted by molar-refractivity contribution is 0.0953. The summed E-state index contributed by atoms with van der Waals surface area (Å²) in [4.78, 5) is 17.0. The first-order valence-corrected chi connectivity index (χ1v) is 9.44.